The van der Waals surface area contributed by atoms with Gasteiger partial charge in [-0.2, -0.15) is 0 Å². The highest BCUT2D eigenvalue weighted by atomic mass is 32.2. The van der Waals surface area contributed by atoms with Crippen LogP contribution < -0.4 is 0 Å². The molecule has 0 rings (SSSR count). The van der Waals surface area contributed by atoms with E-state index in [9.17, 15) is 17.6 Å². The van der Waals surface area contributed by atoms with Gasteiger partial charge in [0.25, 0.3) is 0 Å². The van der Waals surface area contributed by atoms with Crippen LogP contribution in [0.2, 0.25) is 0 Å². The van der Waals surface area contributed by atoms with E-state index in [0.29, 0.717) is 0 Å². The minimum atomic E-state index is -3.72. The summed E-state index contributed by atoms with van der Waals surface area (Å²) in [6.45, 7) is 2.76. The highest BCUT2D eigenvalue weighted by Gasteiger charge is 2.32. The van der Waals surface area contributed by atoms with Crippen LogP contribution in [0.4, 0.5) is 4.39 Å². The molecule has 0 saturated heterocycles. The van der Waals surface area contributed by atoms with Crippen molar-refractivity contribution >= 4 is 15.8 Å². The van der Waals surface area contributed by atoms with E-state index in [1.54, 1.807) is 13.8 Å². The van der Waals surface area contributed by atoms with Crippen molar-refractivity contribution in [1.29, 1.82) is 0 Å². The zero-order chi connectivity index (χ0) is 12.1. The van der Waals surface area contributed by atoms with Gasteiger partial charge in [-0.1, -0.05) is 13.8 Å². The fraction of sp³-hybridized carbons (Fsp3) is 0.889. The molecule has 90 valence electrons. The molecule has 1 atom stereocenters. The highest BCUT2D eigenvalue weighted by Crippen LogP contribution is 2.15. The zero-order valence-corrected chi connectivity index (χ0v) is 9.76. The Balaban J connectivity index is 4.67. The standard InChI is InChI=1S/C9H17FO4S/c1-7(2)6-8(9(11)12)15(13,14)5-3-4-10/h7-8H,3-6H2,1-2H3,(H,11,12). The number of sulfone groups is 1. The van der Waals surface area contributed by atoms with Crippen LogP contribution in [0.5, 0.6) is 0 Å². The molecule has 1 N–H and O–H groups in total. The number of hydrogen-bond donors (Lipinski definition) is 1. The van der Waals surface area contributed by atoms with Crippen LogP contribution in [0.25, 0.3) is 0 Å². The molecule has 0 aromatic rings. The predicted octanol–water partition coefficient (Wildman–Crippen LogP) is 1.26. The Bertz CT molecular complexity index is 297. The van der Waals surface area contributed by atoms with Crippen LogP contribution in [-0.4, -0.2) is 37.2 Å². The van der Waals surface area contributed by atoms with Gasteiger partial charge in [-0.15, -0.1) is 0 Å². The summed E-state index contributed by atoms with van der Waals surface area (Å²) in [5.41, 5.74) is 0. The Morgan fingerprint density at radius 3 is 2.27 bits per heavy atom. The van der Waals surface area contributed by atoms with E-state index in [-0.39, 0.29) is 18.8 Å². The molecule has 0 aliphatic carbocycles. The first-order valence-electron chi connectivity index (χ1n) is 4.81. The zero-order valence-electron chi connectivity index (χ0n) is 8.94. The third-order valence-corrected chi connectivity index (χ3v) is 4.08. The maximum absolute atomic E-state index is 11.8. The third kappa shape index (κ3) is 5.11. The van der Waals surface area contributed by atoms with Crippen molar-refractivity contribution in [3.8, 4) is 0 Å². The fourth-order valence-corrected chi connectivity index (χ4v) is 3.01. The Labute approximate surface area is 89.4 Å². The number of halogens is 1. The lowest BCUT2D eigenvalue weighted by molar-refractivity contribution is -0.136. The largest absolute Gasteiger partial charge is 0.480 e. The van der Waals surface area contributed by atoms with E-state index in [4.69, 9.17) is 5.11 Å². The monoisotopic (exact) mass is 240 g/mol. The number of carboxylic acids is 1. The molecule has 0 bridgehead atoms. The first-order chi connectivity index (χ1) is 6.81. The van der Waals surface area contributed by atoms with Gasteiger partial charge in [0.05, 0.1) is 12.4 Å². The molecule has 0 aliphatic rings. The molecule has 0 aliphatic heterocycles. The van der Waals surface area contributed by atoms with Crippen LogP contribution in [0.3, 0.4) is 0 Å². The van der Waals surface area contributed by atoms with Crippen molar-refractivity contribution in [1.82, 2.24) is 0 Å². The van der Waals surface area contributed by atoms with Crippen molar-refractivity contribution in [2.45, 2.75) is 31.9 Å². The third-order valence-electron chi connectivity index (χ3n) is 1.96. The number of rotatable bonds is 7. The van der Waals surface area contributed by atoms with E-state index < -0.39 is 33.5 Å². The number of hydrogen-bond acceptors (Lipinski definition) is 3. The van der Waals surface area contributed by atoms with E-state index in [0.717, 1.165) is 0 Å². The molecule has 0 fully saturated rings. The Morgan fingerprint density at radius 2 is 1.93 bits per heavy atom. The van der Waals surface area contributed by atoms with Crippen LogP contribution >= 0.6 is 0 Å². The quantitative estimate of drug-likeness (QED) is 0.727. The molecule has 4 nitrogen and oxygen atoms in total. The minimum Gasteiger partial charge on any atom is -0.480 e. The predicted molar refractivity (Wildman–Crippen MR) is 55.3 cm³/mol. The lowest BCUT2D eigenvalue weighted by Gasteiger charge is -2.14. The summed E-state index contributed by atoms with van der Waals surface area (Å²) in [6.07, 6.45) is -0.0613. The van der Waals surface area contributed by atoms with Crippen LogP contribution in [0.1, 0.15) is 26.7 Å². The number of carbonyl (C=O) groups is 1. The van der Waals surface area contributed by atoms with Crippen molar-refractivity contribution < 1.29 is 22.7 Å². The normalized spacial score (nSPS) is 14.1. The van der Waals surface area contributed by atoms with Crippen molar-refractivity contribution in [2.75, 3.05) is 12.4 Å². The molecule has 15 heavy (non-hydrogen) atoms. The fourth-order valence-electron chi connectivity index (χ4n) is 1.23. The summed E-state index contributed by atoms with van der Waals surface area (Å²) in [5.74, 6) is -1.76. The second kappa shape index (κ2) is 6.05. The molecule has 0 spiro atoms. The van der Waals surface area contributed by atoms with Gasteiger partial charge in [0.1, 0.15) is 0 Å². The van der Waals surface area contributed by atoms with Crippen LogP contribution in [-0.2, 0) is 14.6 Å². The molecule has 0 saturated carbocycles. The lowest BCUT2D eigenvalue weighted by Crippen LogP contribution is -2.33. The number of carboxylic acid groups (broad SMARTS) is 1. The summed E-state index contributed by atoms with van der Waals surface area (Å²) in [4.78, 5) is 10.8. The van der Waals surface area contributed by atoms with Crippen LogP contribution in [0.15, 0.2) is 0 Å². The van der Waals surface area contributed by atoms with Crippen LogP contribution in [0, 0.1) is 5.92 Å². The summed E-state index contributed by atoms with van der Waals surface area (Å²) in [6, 6.07) is 0. The summed E-state index contributed by atoms with van der Waals surface area (Å²) >= 11 is 0. The van der Waals surface area contributed by atoms with Gasteiger partial charge < -0.3 is 5.11 Å². The van der Waals surface area contributed by atoms with Gasteiger partial charge in [0.2, 0.25) is 0 Å². The summed E-state index contributed by atoms with van der Waals surface area (Å²) < 4.78 is 34.9. The molecular formula is C9H17FO4S. The Kier molecular flexibility index (Phi) is 5.79. The van der Waals surface area contributed by atoms with Crippen molar-refractivity contribution in [2.24, 2.45) is 5.92 Å². The average Bonchev–Trinajstić information content (AvgIpc) is 2.10. The molecular weight excluding hydrogens is 223 g/mol. The van der Waals surface area contributed by atoms with Gasteiger partial charge >= 0.3 is 5.97 Å². The molecule has 0 aromatic carbocycles. The van der Waals surface area contributed by atoms with E-state index in [1.165, 1.54) is 0 Å². The molecule has 1 unspecified atom stereocenters. The first-order valence-corrected chi connectivity index (χ1v) is 6.53. The Hall–Kier alpha value is -0.650. The number of alkyl halides is 1. The molecule has 0 amide bonds. The maximum Gasteiger partial charge on any atom is 0.321 e. The van der Waals surface area contributed by atoms with E-state index >= 15 is 0 Å². The maximum atomic E-state index is 11.8. The van der Waals surface area contributed by atoms with Crippen molar-refractivity contribution in [3.05, 3.63) is 0 Å². The van der Waals surface area contributed by atoms with E-state index in [1.807, 2.05) is 0 Å². The SMILES string of the molecule is CC(C)CC(C(=O)O)S(=O)(=O)CCCF. The topological polar surface area (TPSA) is 71.4 Å². The summed E-state index contributed by atoms with van der Waals surface area (Å²) in [7, 11) is -3.72. The van der Waals surface area contributed by atoms with Gasteiger partial charge in [-0.05, 0) is 18.8 Å². The number of aliphatic carboxylic acids is 1. The van der Waals surface area contributed by atoms with Crippen molar-refractivity contribution in [3.63, 3.8) is 0 Å². The molecule has 6 heteroatoms. The van der Waals surface area contributed by atoms with Gasteiger partial charge in [-0.3, -0.25) is 9.18 Å². The van der Waals surface area contributed by atoms with E-state index in [2.05, 4.69) is 0 Å². The summed E-state index contributed by atoms with van der Waals surface area (Å²) in [5, 5.41) is 7.39. The average molecular weight is 240 g/mol. The first kappa shape index (κ1) is 14.3. The lowest BCUT2D eigenvalue weighted by atomic mass is 10.1. The van der Waals surface area contributed by atoms with Gasteiger partial charge in [0.15, 0.2) is 15.1 Å². The minimum absolute atomic E-state index is 0.0220. The second-order valence-electron chi connectivity index (χ2n) is 3.87. The van der Waals surface area contributed by atoms with Gasteiger partial charge in [-0.25, -0.2) is 8.42 Å². The molecule has 0 heterocycles. The second-order valence-corrected chi connectivity index (χ2v) is 6.17. The highest BCUT2D eigenvalue weighted by molar-refractivity contribution is 7.92. The Morgan fingerprint density at radius 1 is 1.40 bits per heavy atom. The molecule has 0 radical (unpaired) electrons. The molecule has 0 aromatic heterocycles. The van der Waals surface area contributed by atoms with Gasteiger partial charge in [0, 0.05) is 0 Å². The smallest absolute Gasteiger partial charge is 0.321 e.